The molecule has 49 heavy (non-hydrogen) atoms. The second kappa shape index (κ2) is 17.7. The number of allylic oxidation sites excluding steroid dienone is 1. The summed E-state index contributed by atoms with van der Waals surface area (Å²) in [6.07, 6.45) is 1.49. The Balaban J connectivity index is 1.47. The number of Topliss-reactive ketones (excluding diaryl/α,β-unsaturated/α-hetero) is 1. The molecule has 0 saturated carbocycles. The van der Waals surface area contributed by atoms with Gasteiger partial charge in [-0.3, -0.25) is 24.0 Å². The smallest absolute Gasteiger partial charge is 0.498 e. The Morgan fingerprint density at radius 1 is 0.959 bits per heavy atom. The normalized spacial score (nSPS) is 14.5. The fourth-order valence-corrected chi connectivity index (χ4v) is 5.63. The average molecular weight is 677 g/mol. The van der Waals surface area contributed by atoms with Gasteiger partial charge in [0, 0.05) is 44.3 Å². The summed E-state index contributed by atoms with van der Waals surface area (Å²) in [5.74, 6) is -1.27. The predicted molar refractivity (Wildman–Crippen MR) is 175 cm³/mol. The van der Waals surface area contributed by atoms with Crippen LogP contribution in [0, 0.1) is 0 Å². The molecule has 13 nitrogen and oxygen atoms in total. The molecular formula is C36H40N2O11. The highest BCUT2D eigenvalue weighted by atomic mass is 16.8. The molecule has 0 aromatic heterocycles. The first-order valence-corrected chi connectivity index (χ1v) is 15.9. The van der Waals surface area contributed by atoms with E-state index in [1.165, 1.54) is 7.11 Å². The van der Waals surface area contributed by atoms with Crippen molar-refractivity contribution in [2.75, 3.05) is 33.7 Å². The van der Waals surface area contributed by atoms with Crippen LogP contribution in [0.25, 0.3) is 11.1 Å². The summed E-state index contributed by atoms with van der Waals surface area (Å²) in [6, 6.07) is 11.2. The molecule has 1 atom stereocenters. The van der Waals surface area contributed by atoms with Gasteiger partial charge in [-0.15, -0.1) is 0 Å². The van der Waals surface area contributed by atoms with E-state index in [0.717, 1.165) is 27.8 Å². The summed E-state index contributed by atoms with van der Waals surface area (Å²) in [4.78, 5) is 77.7. The number of hydroxylamine groups is 2. The number of methoxy groups -OCH3 is 1. The Bertz CT molecular complexity index is 1600. The number of nitrogens with one attached hydrogen (secondary N) is 1. The number of nitrogens with zero attached hydrogens (tertiary/aromatic N) is 1. The third-order valence-electron chi connectivity index (χ3n) is 7.96. The summed E-state index contributed by atoms with van der Waals surface area (Å²) in [5, 5.41) is 3.10. The number of ether oxygens (including phenoxy) is 4. The largest absolute Gasteiger partial charge is 0.533 e. The van der Waals surface area contributed by atoms with Crippen LogP contribution < -0.4 is 5.32 Å². The van der Waals surface area contributed by atoms with Crippen molar-refractivity contribution in [3.63, 3.8) is 0 Å². The molecule has 1 N–H and O–H groups in total. The maximum absolute atomic E-state index is 13.5. The van der Waals surface area contributed by atoms with Crippen LogP contribution in [0.4, 0.5) is 4.79 Å². The van der Waals surface area contributed by atoms with Crippen LogP contribution in [0.2, 0.25) is 0 Å². The summed E-state index contributed by atoms with van der Waals surface area (Å²) in [7, 11) is 1.52. The Labute approximate surface area is 284 Å². The topological polar surface area (TPSA) is 164 Å². The fraction of sp³-hybridized carbons (Fsp3) is 0.389. The third kappa shape index (κ3) is 9.86. The summed E-state index contributed by atoms with van der Waals surface area (Å²) >= 11 is 0. The van der Waals surface area contributed by atoms with Gasteiger partial charge in [-0.25, -0.2) is 4.79 Å². The van der Waals surface area contributed by atoms with Gasteiger partial charge < -0.3 is 29.1 Å². The minimum Gasteiger partial charge on any atom is -0.498 e. The van der Waals surface area contributed by atoms with E-state index in [0.29, 0.717) is 47.7 Å². The number of ketones is 1. The zero-order valence-electron chi connectivity index (χ0n) is 27.5. The number of carbonyl (C=O) groups excluding carboxylic acids is 6. The predicted octanol–water partition coefficient (Wildman–Crippen LogP) is 4.67. The van der Waals surface area contributed by atoms with Crippen LogP contribution in [0.3, 0.4) is 0 Å². The molecule has 0 spiro atoms. The quantitative estimate of drug-likeness (QED) is 0.0394. The molecule has 3 amide bonds. The summed E-state index contributed by atoms with van der Waals surface area (Å²) < 4.78 is 21.1. The minimum absolute atomic E-state index is 0.00807. The third-order valence-corrected chi connectivity index (χ3v) is 7.96. The van der Waals surface area contributed by atoms with E-state index in [-0.39, 0.29) is 70.3 Å². The Morgan fingerprint density at radius 2 is 1.73 bits per heavy atom. The molecule has 4 rings (SSSR count). The lowest BCUT2D eigenvalue weighted by atomic mass is 9.93. The van der Waals surface area contributed by atoms with E-state index in [9.17, 15) is 28.8 Å². The number of aryl methyl sites for hydroxylation is 1. The molecule has 1 aliphatic carbocycles. The average Bonchev–Trinajstić information content (AvgIpc) is 3.56. The second-order valence-corrected chi connectivity index (χ2v) is 11.5. The zero-order chi connectivity index (χ0) is 35.3. The highest BCUT2D eigenvalue weighted by molar-refractivity contribution is 6.05. The van der Waals surface area contributed by atoms with Gasteiger partial charge >= 0.3 is 6.16 Å². The molecule has 2 aromatic rings. The van der Waals surface area contributed by atoms with Crippen molar-refractivity contribution in [1.29, 1.82) is 0 Å². The molecule has 1 heterocycles. The lowest BCUT2D eigenvalue weighted by molar-refractivity contribution is -0.177. The number of imide groups is 1. The van der Waals surface area contributed by atoms with Crippen LogP contribution in [0.15, 0.2) is 61.1 Å². The number of hydrogen-bond donors (Lipinski definition) is 1. The van der Waals surface area contributed by atoms with Gasteiger partial charge in [0.1, 0.15) is 25.3 Å². The molecule has 2 aromatic carbocycles. The molecule has 1 unspecified atom stereocenters. The summed E-state index contributed by atoms with van der Waals surface area (Å²) in [6.45, 7) is 7.64. The number of amides is 3. The van der Waals surface area contributed by atoms with Crippen LogP contribution in [0.5, 0.6) is 0 Å². The molecule has 260 valence electrons. The van der Waals surface area contributed by atoms with E-state index in [1.54, 1.807) is 12.1 Å². The Kier molecular flexibility index (Phi) is 13.2. The number of fused-ring (bicyclic) bond motifs is 3. The van der Waals surface area contributed by atoms with E-state index in [4.69, 9.17) is 23.8 Å². The van der Waals surface area contributed by atoms with Crippen molar-refractivity contribution in [2.24, 2.45) is 0 Å². The van der Waals surface area contributed by atoms with E-state index >= 15 is 0 Å². The maximum Gasteiger partial charge on any atom is 0.533 e. The number of rotatable bonds is 20. The van der Waals surface area contributed by atoms with Gasteiger partial charge in [-0.1, -0.05) is 54.6 Å². The van der Waals surface area contributed by atoms with Crippen molar-refractivity contribution in [3.05, 3.63) is 83.3 Å². The van der Waals surface area contributed by atoms with Gasteiger partial charge in [0.2, 0.25) is 5.91 Å². The molecule has 0 radical (unpaired) electrons. The van der Waals surface area contributed by atoms with Crippen molar-refractivity contribution in [2.45, 2.75) is 57.3 Å². The first kappa shape index (κ1) is 36.5. The number of aldehydes is 1. The van der Waals surface area contributed by atoms with Crippen molar-refractivity contribution >= 4 is 35.9 Å². The van der Waals surface area contributed by atoms with Gasteiger partial charge in [0.15, 0.2) is 12.5 Å². The molecule has 2 aliphatic rings. The second-order valence-electron chi connectivity index (χ2n) is 11.5. The van der Waals surface area contributed by atoms with Gasteiger partial charge in [-0.2, -0.15) is 0 Å². The lowest BCUT2D eigenvalue weighted by Crippen LogP contribution is -2.32. The van der Waals surface area contributed by atoms with Gasteiger partial charge in [0.25, 0.3) is 11.8 Å². The lowest BCUT2D eigenvalue weighted by Gasteiger charge is -2.17. The highest BCUT2D eigenvalue weighted by Crippen LogP contribution is 2.47. The van der Waals surface area contributed by atoms with Crippen molar-refractivity contribution < 1.29 is 52.6 Å². The van der Waals surface area contributed by atoms with E-state index in [2.05, 4.69) is 18.5 Å². The SMILES string of the molecule is C=C(CC=O)OCCCC(=O)c1cccc2c1-c1ccc(CCCC(=O)NCOC(=C)COC)cc1C2COC(=O)ON1C(=O)CCC1=O. The van der Waals surface area contributed by atoms with Crippen molar-refractivity contribution in [3.8, 4) is 11.1 Å². The van der Waals surface area contributed by atoms with E-state index in [1.807, 2.05) is 24.3 Å². The standard InChI is InChI=1S/C36H40N2O11/c1-23(16-17-39)46-18-6-10-31(40)28-9-5-8-26-30(21-47-36(44)49-38-33(42)14-15-34(38)43)29-19-25(12-13-27(29)35(26)28)7-4-11-32(41)37-22-48-24(2)20-45-3/h5,8-9,12-13,17,19,30H,1-2,4,6-7,10-11,14-16,18,20-22H2,3H3,(H,37,41). The Morgan fingerprint density at radius 3 is 2.47 bits per heavy atom. The molecule has 1 saturated heterocycles. The van der Waals surface area contributed by atoms with Crippen molar-refractivity contribution in [1.82, 2.24) is 10.4 Å². The molecule has 1 aliphatic heterocycles. The molecule has 1 fully saturated rings. The monoisotopic (exact) mass is 676 g/mol. The zero-order valence-corrected chi connectivity index (χ0v) is 27.5. The Hall–Kier alpha value is -5.30. The van der Waals surface area contributed by atoms with Crippen LogP contribution in [-0.4, -0.2) is 74.7 Å². The highest BCUT2D eigenvalue weighted by Gasteiger charge is 2.36. The molecule has 13 heteroatoms. The fourth-order valence-electron chi connectivity index (χ4n) is 5.63. The number of benzene rings is 2. The van der Waals surface area contributed by atoms with Gasteiger partial charge in [-0.05, 0) is 47.1 Å². The number of hydrogen-bond acceptors (Lipinski definition) is 11. The maximum atomic E-state index is 13.5. The van der Waals surface area contributed by atoms with Crippen LogP contribution >= 0.6 is 0 Å². The van der Waals surface area contributed by atoms with Gasteiger partial charge in [0.05, 0.1) is 18.8 Å². The van der Waals surface area contributed by atoms with E-state index < -0.39 is 23.9 Å². The number of carbonyl (C=O) groups is 6. The first-order chi connectivity index (χ1) is 23.6. The molecule has 0 bridgehead atoms. The molecular weight excluding hydrogens is 636 g/mol. The summed E-state index contributed by atoms with van der Waals surface area (Å²) in [5.41, 5.74) is 4.55. The first-order valence-electron chi connectivity index (χ1n) is 15.9. The van der Waals surface area contributed by atoms with Crippen LogP contribution in [-0.2, 0) is 49.4 Å². The minimum atomic E-state index is -1.20. The van der Waals surface area contributed by atoms with Crippen LogP contribution in [0.1, 0.15) is 77.9 Å².